The minimum absolute atomic E-state index is 0.0175. The second-order valence-corrected chi connectivity index (χ2v) is 5.75. The number of hydrogen-bond donors (Lipinski definition) is 4. The number of anilines is 3. The van der Waals surface area contributed by atoms with Crippen molar-refractivity contribution in [1.82, 2.24) is 30.1 Å². The van der Waals surface area contributed by atoms with E-state index >= 15 is 0 Å². The van der Waals surface area contributed by atoms with E-state index in [1.165, 1.54) is 12.1 Å². The number of rotatable bonds is 7. The number of aromatic nitrogens is 6. The van der Waals surface area contributed by atoms with E-state index in [0.29, 0.717) is 17.9 Å². The number of halogens is 2. The Balaban J connectivity index is 1.81. The molecule has 9 nitrogen and oxygen atoms in total. The van der Waals surface area contributed by atoms with Crippen LogP contribution in [0, 0.1) is 12.7 Å². The normalized spacial score (nSPS) is 12.0. The number of aliphatic hydroxyl groups excluding tert-OH is 1. The molecule has 0 amide bonds. The van der Waals surface area contributed by atoms with Gasteiger partial charge in [-0.25, -0.2) is 4.39 Å². The van der Waals surface area contributed by atoms with Crippen molar-refractivity contribution in [3.8, 4) is 0 Å². The molecule has 3 heterocycles. The van der Waals surface area contributed by atoms with Gasteiger partial charge in [-0.2, -0.15) is 20.1 Å². The average Bonchev–Trinajstić information content (AvgIpc) is 2.99. The minimum Gasteiger partial charge on any atom is -0.396 e. The van der Waals surface area contributed by atoms with Crippen LogP contribution in [0.1, 0.15) is 23.9 Å². The van der Waals surface area contributed by atoms with Crippen LogP contribution in [0.15, 0.2) is 24.4 Å². The van der Waals surface area contributed by atoms with Gasteiger partial charge in [0, 0.05) is 12.7 Å². The highest BCUT2D eigenvalue weighted by Crippen LogP contribution is 2.21. The topological polar surface area (TPSA) is 125 Å². The van der Waals surface area contributed by atoms with Gasteiger partial charge in [0.25, 0.3) is 0 Å². The van der Waals surface area contributed by atoms with Crippen LogP contribution in [0.25, 0.3) is 0 Å². The Morgan fingerprint density at radius 3 is 2.73 bits per heavy atom. The fourth-order valence-corrected chi connectivity index (χ4v) is 2.41. The Hall–Kier alpha value is -2.85. The number of pyridine rings is 1. The van der Waals surface area contributed by atoms with Gasteiger partial charge in [0.2, 0.25) is 17.2 Å². The number of H-pyrrole nitrogens is 1. The van der Waals surface area contributed by atoms with Crippen molar-refractivity contribution in [3.05, 3.63) is 46.9 Å². The molecular weight excluding hydrogens is 363 g/mol. The summed E-state index contributed by atoms with van der Waals surface area (Å²) in [6, 6.07) is 4.17. The van der Waals surface area contributed by atoms with Gasteiger partial charge in [-0.1, -0.05) is 0 Å². The van der Waals surface area contributed by atoms with Crippen molar-refractivity contribution in [2.75, 3.05) is 17.2 Å². The number of nitrogens with one attached hydrogen (secondary N) is 3. The Morgan fingerprint density at radius 2 is 2.08 bits per heavy atom. The summed E-state index contributed by atoms with van der Waals surface area (Å²) in [6.45, 7) is 1.73. The second kappa shape index (κ2) is 8.02. The molecule has 1 unspecified atom stereocenters. The molecule has 3 aromatic heterocycles. The highest BCUT2D eigenvalue weighted by atomic mass is 35.5. The summed E-state index contributed by atoms with van der Waals surface area (Å²) in [5.74, 6) is 0.558. The molecule has 0 radical (unpaired) electrons. The van der Waals surface area contributed by atoms with Crippen LogP contribution in [0.4, 0.5) is 22.1 Å². The maximum Gasteiger partial charge on any atom is 0.234 e. The molecule has 136 valence electrons. The van der Waals surface area contributed by atoms with E-state index in [-0.39, 0.29) is 23.8 Å². The molecule has 0 saturated carbocycles. The lowest BCUT2D eigenvalue weighted by Gasteiger charge is -2.17. The third kappa shape index (κ3) is 4.61. The maximum atomic E-state index is 13.1. The molecule has 0 aromatic carbocycles. The molecule has 0 aliphatic carbocycles. The van der Waals surface area contributed by atoms with E-state index in [4.69, 9.17) is 11.6 Å². The predicted molar refractivity (Wildman–Crippen MR) is 93.7 cm³/mol. The molecule has 0 bridgehead atoms. The van der Waals surface area contributed by atoms with Crippen molar-refractivity contribution in [1.29, 1.82) is 0 Å². The number of hydrogen-bond acceptors (Lipinski definition) is 8. The molecule has 3 rings (SSSR count). The van der Waals surface area contributed by atoms with Crippen LogP contribution in [-0.4, -0.2) is 41.8 Å². The molecule has 0 saturated heterocycles. The Morgan fingerprint density at radius 1 is 1.27 bits per heavy atom. The van der Waals surface area contributed by atoms with Crippen molar-refractivity contribution < 1.29 is 9.50 Å². The number of aromatic amines is 1. The number of aryl methyl sites for hydroxylation is 1. The van der Waals surface area contributed by atoms with Crippen LogP contribution in [-0.2, 0) is 0 Å². The van der Waals surface area contributed by atoms with Crippen LogP contribution in [0.5, 0.6) is 0 Å². The molecule has 26 heavy (non-hydrogen) atoms. The summed E-state index contributed by atoms with van der Waals surface area (Å²) in [4.78, 5) is 16.3. The van der Waals surface area contributed by atoms with E-state index < -0.39 is 11.9 Å². The summed E-state index contributed by atoms with van der Waals surface area (Å²) in [5.41, 5.74) is 1.34. The van der Waals surface area contributed by atoms with Crippen LogP contribution in [0.2, 0.25) is 5.28 Å². The molecule has 0 aliphatic heterocycles. The summed E-state index contributed by atoms with van der Waals surface area (Å²) < 4.78 is 13.1. The second-order valence-electron chi connectivity index (χ2n) is 5.41. The highest BCUT2D eigenvalue weighted by Gasteiger charge is 2.16. The first-order valence-corrected chi connectivity index (χ1v) is 8.11. The Labute approximate surface area is 153 Å². The molecule has 0 aliphatic rings. The number of aliphatic hydroxyl groups is 1. The van der Waals surface area contributed by atoms with Gasteiger partial charge in [-0.05, 0) is 37.1 Å². The van der Waals surface area contributed by atoms with Crippen molar-refractivity contribution >= 4 is 29.3 Å². The van der Waals surface area contributed by atoms with E-state index in [1.54, 1.807) is 6.07 Å². The molecule has 0 fully saturated rings. The lowest BCUT2D eigenvalue weighted by molar-refractivity contribution is 0.279. The van der Waals surface area contributed by atoms with Crippen molar-refractivity contribution in [3.63, 3.8) is 0 Å². The largest absolute Gasteiger partial charge is 0.396 e. The third-order valence-corrected chi connectivity index (χ3v) is 3.56. The number of nitrogens with zero attached hydrogens (tertiary/aromatic N) is 5. The predicted octanol–water partition coefficient (Wildman–Crippen LogP) is 2.37. The fraction of sp³-hybridized carbons (Fsp3) is 0.267. The van der Waals surface area contributed by atoms with Crippen LogP contribution >= 0.6 is 11.6 Å². The summed E-state index contributed by atoms with van der Waals surface area (Å²) in [6.07, 6.45) is 1.43. The highest BCUT2D eigenvalue weighted by molar-refractivity contribution is 6.28. The van der Waals surface area contributed by atoms with Gasteiger partial charge in [-0.3, -0.25) is 10.1 Å². The van der Waals surface area contributed by atoms with Gasteiger partial charge in [-0.15, -0.1) is 0 Å². The van der Waals surface area contributed by atoms with Gasteiger partial charge < -0.3 is 15.7 Å². The molecule has 3 aromatic rings. The molecule has 0 spiro atoms. The zero-order valence-electron chi connectivity index (χ0n) is 13.7. The van der Waals surface area contributed by atoms with E-state index in [1.807, 2.05) is 6.92 Å². The van der Waals surface area contributed by atoms with Crippen molar-refractivity contribution in [2.24, 2.45) is 0 Å². The summed E-state index contributed by atoms with van der Waals surface area (Å²) in [5, 5.41) is 22.0. The minimum atomic E-state index is -0.443. The lowest BCUT2D eigenvalue weighted by Crippen LogP contribution is -2.16. The first kappa shape index (κ1) is 18.0. The van der Waals surface area contributed by atoms with Gasteiger partial charge in [0.05, 0.1) is 23.6 Å². The average molecular weight is 379 g/mol. The molecule has 4 N–H and O–H groups in total. The summed E-state index contributed by atoms with van der Waals surface area (Å²) >= 11 is 5.97. The standard InChI is InChI=1S/C15H16ClFN8O/c1-8-6-12(25-24-8)20-15-22-13(16)21-14(23-15)19-11(4-5-26)10-3-2-9(17)7-18-10/h2-3,6-7,11,26H,4-5H2,1H3,(H3,19,20,21,22,23,24,25). The molecule has 11 heteroatoms. The Bertz CT molecular complexity index is 872. The zero-order valence-corrected chi connectivity index (χ0v) is 14.5. The monoisotopic (exact) mass is 378 g/mol. The van der Waals surface area contributed by atoms with Crippen LogP contribution < -0.4 is 10.6 Å². The van der Waals surface area contributed by atoms with Crippen molar-refractivity contribution in [2.45, 2.75) is 19.4 Å². The van der Waals surface area contributed by atoms with Gasteiger partial charge in [0.15, 0.2) is 0 Å². The quantitative estimate of drug-likeness (QED) is 0.494. The maximum absolute atomic E-state index is 13.1. The first-order valence-electron chi connectivity index (χ1n) is 7.73. The zero-order chi connectivity index (χ0) is 18.5. The third-order valence-electron chi connectivity index (χ3n) is 3.39. The summed E-state index contributed by atoms with van der Waals surface area (Å²) in [7, 11) is 0. The molecule has 1 atom stereocenters. The SMILES string of the molecule is Cc1cc(Nc2nc(Cl)nc(NC(CCO)c3ccc(F)cn3)n2)[nH]n1. The Kier molecular flexibility index (Phi) is 5.54. The molecular formula is C15H16ClFN8O. The van der Waals surface area contributed by atoms with E-state index in [2.05, 4.69) is 40.8 Å². The first-order chi connectivity index (χ1) is 12.5. The van der Waals surface area contributed by atoms with E-state index in [9.17, 15) is 9.50 Å². The van der Waals surface area contributed by atoms with Crippen LogP contribution in [0.3, 0.4) is 0 Å². The fourth-order valence-electron chi connectivity index (χ4n) is 2.25. The van der Waals surface area contributed by atoms with Gasteiger partial charge >= 0.3 is 0 Å². The van der Waals surface area contributed by atoms with Gasteiger partial charge in [0.1, 0.15) is 11.6 Å². The van der Waals surface area contributed by atoms with E-state index in [0.717, 1.165) is 11.9 Å². The smallest absolute Gasteiger partial charge is 0.234 e. The lowest BCUT2D eigenvalue weighted by atomic mass is 10.1.